The fraction of sp³-hybridized carbons (Fsp3) is 1.00. The molecule has 2 atom stereocenters. The van der Waals surface area contributed by atoms with Crippen LogP contribution in [0.3, 0.4) is 0 Å². The first-order chi connectivity index (χ1) is 4.26. The first kappa shape index (κ1) is 5.72. The number of piperidine rings is 1. The van der Waals surface area contributed by atoms with E-state index in [1.54, 1.807) is 0 Å². The van der Waals surface area contributed by atoms with Gasteiger partial charge < -0.3 is 5.32 Å². The maximum Gasteiger partial charge on any atom is 0.00136 e. The van der Waals surface area contributed by atoms with Gasteiger partial charge in [-0.3, -0.25) is 0 Å². The van der Waals surface area contributed by atoms with Crippen molar-refractivity contribution < 1.29 is 0 Å². The molecular weight excluding hydrogens is 110 g/mol. The summed E-state index contributed by atoms with van der Waals surface area (Å²) in [5, 5.41) is 3.44. The first-order valence-corrected chi connectivity index (χ1v) is 3.96. The number of rotatable bonds is 1. The highest BCUT2D eigenvalue weighted by atomic mass is 15.0. The lowest BCUT2D eigenvalue weighted by atomic mass is 9.92. The van der Waals surface area contributed by atoms with E-state index < -0.39 is 0 Å². The summed E-state index contributed by atoms with van der Waals surface area (Å²) in [4.78, 5) is 0. The summed E-state index contributed by atoms with van der Waals surface area (Å²) in [7, 11) is 0. The Labute approximate surface area is 56.8 Å². The average molecular weight is 125 g/mol. The Hall–Kier alpha value is -0.0400. The topological polar surface area (TPSA) is 12.0 Å². The van der Waals surface area contributed by atoms with Gasteiger partial charge in [-0.1, -0.05) is 13.8 Å². The molecule has 1 heterocycles. The number of hydrogen-bond donors (Lipinski definition) is 1. The third kappa shape index (κ3) is 0.586. The van der Waals surface area contributed by atoms with Crippen LogP contribution < -0.4 is 5.32 Å². The largest absolute Gasteiger partial charge is 0.316 e. The third-order valence-electron chi connectivity index (χ3n) is 3.27. The molecule has 1 nitrogen and oxygen atoms in total. The van der Waals surface area contributed by atoms with Crippen molar-refractivity contribution in [1.29, 1.82) is 0 Å². The van der Waals surface area contributed by atoms with Crippen molar-refractivity contribution in [3.8, 4) is 0 Å². The van der Waals surface area contributed by atoms with Crippen LogP contribution >= 0.6 is 0 Å². The van der Waals surface area contributed by atoms with Gasteiger partial charge in [0, 0.05) is 6.54 Å². The molecule has 1 heteroatoms. The van der Waals surface area contributed by atoms with Crippen LogP contribution in [0.5, 0.6) is 0 Å². The highest BCUT2D eigenvalue weighted by Gasteiger charge is 2.58. The zero-order valence-electron chi connectivity index (χ0n) is 6.28. The van der Waals surface area contributed by atoms with Gasteiger partial charge in [-0.2, -0.15) is 0 Å². The lowest BCUT2D eigenvalue weighted by molar-refractivity contribution is 0.364. The standard InChI is InChI=1S/C8H15N/c1-6(2)8-3-7(8)4-9-5-8/h6-7,9H,3-5H2,1-2H3/t7-,8+/m1/s1. The van der Waals surface area contributed by atoms with E-state index in [2.05, 4.69) is 19.2 Å². The van der Waals surface area contributed by atoms with Crippen molar-refractivity contribution >= 4 is 0 Å². The molecule has 0 bridgehead atoms. The Morgan fingerprint density at radius 1 is 1.56 bits per heavy atom. The summed E-state index contributed by atoms with van der Waals surface area (Å²) in [5.74, 6) is 1.94. The second kappa shape index (κ2) is 1.51. The minimum Gasteiger partial charge on any atom is -0.316 e. The first-order valence-electron chi connectivity index (χ1n) is 3.96. The SMILES string of the molecule is CC(C)[C@]12CNC[C@H]1C2. The van der Waals surface area contributed by atoms with E-state index in [4.69, 9.17) is 0 Å². The summed E-state index contributed by atoms with van der Waals surface area (Å²) >= 11 is 0. The van der Waals surface area contributed by atoms with Crippen LogP contribution in [0, 0.1) is 17.3 Å². The van der Waals surface area contributed by atoms with Crippen molar-refractivity contribution in [2.75, 3.05) is 13.1 Å². The molecule has 0 spiro atoms. The fourth-order valence-corrected chi connectivity index (χ4v) is 2.28. The third-order valence-corrected chi connectivity index (χ3v) is 3.27. The Kier molecular flexibility index (Phi) is 0.963. The van der Waals surface area contributed by atoms with E-state index in [1.165, 1.54) is 19.5 Å². The van der Waals surface area contributed by atoms with Crippen molar-refractivity contribution in [3.05, 3.63) is 0 Å². The molecule has 2 fully saturated rings. The van der Waals surface area contributed by atoms with Gasteiger partial charge in [0.15, 0.2) is 0 Å². The predicted octanol–water partition coefficient (Wildman–Crippen LogP) is 1.25. The second-order valence-corrected chi connectivity index (χ2v) is 3.92. The van der Waals surface area contributed by atoms with Gasteiger partial charge in [0.05, 0.1) is 0 Å². The minimum atomic E-state index is 0.750. The zero-order chi connectivity index (χ0) is 6.48. The highest BCUT2D eigenvalue weighted by molar-refractivity contribution is 5.10. The van der Waals surface area contributed by atoms with E-state index in [0.29, 0.717) is 0 Å². The fourth-order valence-electron chi connectivity index (χ4n) is 2.28. The molecule has 0 unspecified atom stereocenters. The second-order valence-electron chi connectivity index (χ2n) is 3.92. The Balaban J connectivity index is 2.10. The Bertz CT molecular complexity index is 127. The highest BCUT2D eigenvalue weighted by Crippen LogP contribution is 2.59. The number of fused-ring (bicyclic) bond motifs is 1. The minimum absolute atomic E-state index is 0.750. The molecule has 2 rings (SSSR count). The zero-order valence-corrected chi connectivity index (χ0v) is 6.28. The van der Waals surface area contributed by atoms with Gasteiger partial charge in [-0.15, -0.1) is 0 Å². The van der Waals surface area contributed by atoms with Crippen LogP contribution in [0.2, 0.25) is 0 Å². The summed E-state index contributed by atoms with van der Waals surface area (Å²) in [6.45, 7) is 7.29. The molecule has 1 N–H and O–H groups in total. The summed E-state index contributed by atoms with van der Waals surface area (Å²) in [5.41, 5.74) is 0.750. The maximum absolute atomic E-state index is 3.44. The molecule has 1 saturated heterocycles. The normalized spacial score (nSPS) is 47.7. The molecule has 2 aliphatic rings. The quantitative estimate of drug-likeness (QED) is 0.556. The molecule has 0 aromatic carbocycles. The van der Waals surface area contributed by atoms with Crippen LogP contribution in [0.4, 0.5) is 0 Å². The Morgan fingerprint density at radius 2 is 2.33 bits per heavy atom. The van der Waals surface area contributed by atoms with E-state index in [1.807, 2.05) is 0 Å². The molecule has 0 radical (unpaired) electrons. The lowest BCUT2D eigenvalue weighted by Crippen LogP contribution is -2.20. The van der Waals surface area contributed by atoms with Crippen LogP contribution in [0.15, 0.2) is 0 Å². The molecule has 1 aliphatic carbocycles. The number of nitrogens with one attached hydrogen (secondary N) is 1. The summed E-state index contributed by atoms with van der Waals surface area (Å²) in [6.07, 6.45) is 1.50. The predicted molar refractivity (Wildman–Crippen MR) is 38.2 cm³/mol. The summed E-state index contributed by atoms with van der Waals surface area (Å²) in [6, 6.07) is 0. The maximum atomic E-state index is 3.44. The van der Waals surface area contributed by atoms with Crippen LogP contribution in [0.25, 0.3) is 0 Å². The molecular formula is C8H15N. The lowest BCUT2D eigenvalue weighted by Gasteiger charge is -2.15. The monoisotopic (exact) mass is 125 g/mol. The average Bonchev–Trinajstić information content (AvgIpc) is 2.38. The van der Waals surface area contributed by atoms with Gasteiger partial charge in [0.25, 0.3) is 0 Å². The van der Waals surface area contributed by atoms with Gasteiger partial charge in [0.2, 0.25) is 0 Å². The van der Waals surface area contributed by atoms with E-state index >= 15 is 0 Å². The van der Waals surface area contributed by atoms with Crippen molar-refractivity contribution in [3.63, 3.8) is 0 Å². The molecule has 0 amide bonds. The smallest absolute Gasteiger partial charge is 0.00136 e. The van der Waals surface area contributed by atoms with Crippen molar-refractivity contribution in [2.24, 2.45) is 17.3 Å². The molecule has 1 saturated carbocycles. The molecule has 1 aliphatic heterocycles. The van der Waals surface area contributed by atoms with Gasteiger partial charge in [-0.25, -0.2) is 0 Å². The van der Waals surface area contributed by atoms with Crippen molar-refractivity contribution in [2.45, 2.75) is 20.3 Å². The Morgan fingerprint density at radius 3 is 2.56 bits per heavy atom. The van der Waals surface area contributed by atoms with Gasteiger partial charge >= 0.3 is 0 Å². The van der Waals surface area contributed by atoms with Crippen LogP contribution in [-0.2, 0) is 0 Å². The van der Waals surface area contributed by atoms with Gasteiger partial charge in [-0.05, 0) is 30.2 Å². The van der Waals surface area contributed by atoms with E-state index in [9.17, 15) is 0 Å². The molecule has 52 valence electrons. The molecule has 9 heavy (non-hydrogen) atoms. The molecule has 0 aromatic heterocycles. The van der Waals surface area contributed by atoms with Crippen LogP contribution in [-0.4, -0.2) is 13.1 Å². The molecule has 0 aromatic rings. The van der Waals surface area contributed by atoms with Gasteiger partial charge in [0.1, 0.15) is 0 Å². The van der Waals surface area contributed by atoms with E-state index in [0.717, 1.165) is 17.3 Å². The number of hydrogen-bond acceptors (Lipinski definition) is 1. The summed E-state index contributed by atoms with van der Waals surface area (Å²) < 4.78 is 0. The van der Waals surface area contributed by atoms with Crippen LogP contribution in [0.1, 0.15) is 20.3 Å². The van der Waals surface area contributed by atoms with Crippen molar-refractivity contribution in [1.82, 2.24) is 5.32 Å². The van der Waals surface area contributed by atoms with E-state index in [-0.39, 0.29) is 0 Å².